The van der Waals surface area contributed by atoms with Crippen LogP contribution in [0, 0.1) is 5.82 Å². The molecule has 112 valence electrons. The van der Waals surface area contributed by atoms with E-state index in [4.69, 9.17) is 11.6 Å². The second-order valence-corrected chi connectivity index (χ2v) is 5.19. The Kier molecular flexibility index (Phi) is 5.59. The fraction of sp³-hybridized carbons (Fsp3) is 0.294. The SMILES string of the molecule is CCNCc1cc(Cl)ccc1N(CC)c1ccccc1F. The van der Waals surface area contributed by atoms with Crippen LogP contribution in [0.1, 0.15) is 19.4 Å². The predicted molar refractivity (Wildman–Crippen MR) is 87.9 cm³/mol. The van der Waals surface area contributed by atoms with Gasteiger partial charge in [0.05, 0.1) is 5.69 Å². The second-order valence-electron chi connectivity index (χ2n) is 4.75. The smallest absolute Gasteiger partial charge is 0.146 e. The summed E-state index contributed by atoms with van der Waals surface area (Å²) in [6, 6.07) is 12.6. The molecule has 0 aliphatic carbocycles. The summed E-state index contributed by atoms with van der Waals surface area (Å²) in [5.74, 6) is -0.219. The van der Waals surface area contributed by atoms with Crippen molar-refractivity contribution in [2.75, 3.05) is 18.0 Å². The minimum absolute atomic E-state index is 0.219. The van der Waals surface area contributed by atoms with Crippen LogP contribution in [0.25, 0.3) is 0 Å². The molecule has 0 aliphatic rings. The highest BCUT2D eigenvalue weighted by atomic mass is 35.5. The topological polar surface area (TPSA) is 15.3 Å². The quantitative estimate of drug-likeness (QED) is 0.828. The van der Waals surface area contributed by atoms with E-state index in [2.05, 4.69) is 12.2 Å². The lowest BCUT2D eigenvalue weighted by Gasteiger charge is -2.26. The number of halogens is 2. The van der Waals surface area contributed by atoms with E-state index in [1.807, 2.05) is 36.1 Å². The highest BCUT2D eigenvalue weighted by Crippen LogP contribution is 2.31. The average Bonchev–Trinajstić information content (AvgIpc) is 2.49. The van der Waals surface area contributed by atoms with Gasteiger partial charge < -0.3 is 10.2 Å². The summed E-state index contributed by atoms with van der Waals surface area (Å²) in [5, 5.41) is 3.99. The fourth-order valence-corrected chi connectivity index (χ4v) is 2.55. The van der Waals surface area contributed by atoms with Gasteiger partial charge in [-0.25, -0.2) is 4.39 Å². The van der Waals surface area contributed by atoms with Crippen molar-refractivity contribution < 1.29 is 4.39 Å². The highest BCUT2D eigenvalue weighted by Gasteiger charge is 2.15. The van der Waals surface area contributed by atoms with Crippen LogP contribution in [0.4, 0.5) is 15.8 Å². The maximum Gasteiger partial charge on any atom is 0.146 e. The highest BCUT2D eigenvalue weighted by molar-refractivity contribution is 6.30. The van der Waals surface area contributed by atoms with Crippen molar-refractivity contribution in [2.45, 2.75) is 20.4 Å². The van der Waals surface area contributed by atoms with Gasteiger partial charge in [0.1, 0.15) is 5.82 Å². The van der Waals surface area contributed by atoms with Gasteiger partial charge in [-0.05, 0) is 49.4 Å². The van der Waals surface area contributed by atoms with Crippen LogP contribution in [-0.2, 0) is 6.54 Å². The molecule has 2 aromatic rings. The first-order valence-electron chi connectivity index (χ1n) is 7.18. The Morgan fingerprint density at radius 3 is 2.52 bits per heavy atom. The van der Waals surface area contributed by atoms with Crippen LogP contribution < -0.4 is 10.2 Å². The van der Waals surface area contributed by atoms with Gasteiger partial charge in [0.15, 0.2) is 0 Å². The van der Waals surface area contributed by atoms with E-state index in [1.54, 1.807) is 12.1 Å². The predicted octanol–water partition coefficient (Wildman–Crippen LogP) is 4.75. The zero-order chi connectivity index (χ0) is 15.2. The molecule has 0 amide bonds. The molecule has 2 rings (SSSR count). The van der Waals surface area contributed by atoms with E-state index in [0.29, 0.717) is 23.8 Å². The Hall–Kier alpha value is -1.58. The van der Waals surface area contributed by atoms with Crippen molar-refractivity contribution >= 4 is 23.0 Å². The zero-order valence-corrected chi connectivity index (χ0v) is 13.1. The van der Waals surface area contributed by atoms with Crippen molar-refractivity contribution in [3.05, 3.63) is 58.9 Å². The van der Waals surface area contributed by atoms with Crippen molar-refractivity contribution in [3.63, 3.8) is 0 Å². The molecule has 0 aromatic heterocycles. The first kappa shape index (κ1) is 15.8. The number of nitrogens with one attached hydrogen (secondary N) is 1. The van der Waals surface area contributed by atoms with Gasteiger partial charge in [0, 0.05) is 23.8 Å². The molecule has 2 aromatic carbocycles. The Labute approximate surface area is 130 Å². The summed E-state index contributed by atoms with van der Waals surface area (Å²) >= 11 is 6.10. The summed E-state index contributed by atoms with van der Waals surface area (Å²) in [5.41, 5.74) is 2.63. The summed E-state index contributed by atoms with van der Waals surface area (Å²) in [4.78, 5) is 1.97. The number of para-hydroxylation sites is 1. The average molecular weight is 307 g/mol. The lowest BCUT2D eigenvalue weighted by molar-refractivity contribution is 0.625. The molecule has 0 heterocycles. The van der Waals surface area contributed by atoms with Crippen LogP contribution in [0.3, 0.4) is 0 Å². The molecule has 21 heavy (non-hydrogen) atoms. The van der Waals surface area contributed by atoms with Crippen LogP contribution in [0.2, 0.25) is 5.02 Å². The first-order valence-corrected chi connectivity index (χ1v) is 7.56. The maximum atomic E-state index is 14.1. The number of anilines is 2. The molecular weight excluding hydrogens is 287 g/mol. The zero-order valence-electron chi connectivity index (χ0n) is 12.4. The second kappa shape index (κ2) is 7.43. The summed E-state index contributed by atoms with van der Waals surface area (Å²) in [6.07, 6.45) is 0. The van der Waals surface area contributed by atoms with E-state index in [9.17, 15) is 4.39 Å². The van der Waals surface area contributed by atoms with Crippen molar-refractivity contribution in [1.29, 1.82) is 0 Å². The molecule has 0 saturated carbocycles. The third-order valence-electron chi connectivity index (χ3n) is 3.36. The number of benzene rings is 2. The number of rotatable bonds is 6. The molecule has 4 heteroatoms. The summed E-state index contributed by atoms with van der Waals surface area (Å²) in [6.45, 7) is 6.33. The van der Waals surface area contributed by atoms with Crippen LogP contribution >= 0.6 is 11.6 Å². The third kappa shape index (κ3) is 3.74. The summed E-state index contributed by atoms with van der Waals surface area (Å²) < 4.78 is 14.1. The normalized spacial score (nSPS) is 10.7. The van der Waals surface area contributed by atoms with Gasteiger partial charge in [-0.3, -0.25) is 0 Å². The first-order chi connectivity index (χ1) is 10.2. The van der Waals surface area contributed by atoms with Gasteiger partial charge in [0.25, 0.3) is 0 Å². The van der Waals surface area contributed by atoms with Gasteiger partial charge >= 0.3 is 0 Å². The van der Waals surface area contributed by atoms with Crippen LogP contribution in [0.5, 0.6) is 0 Å². The molecular formula is C17H20ClFN2. The van der Waals surface area contributed by atoms with Crippen molar-refractivity contribution in [2.24, 2.45) is 0 Å². The molecule has 0 saturated heterocycles. The van der Waals surface area contributed by atoms with E-state index < -0.39 is 0 Å². The maximum absolute atomic E-state index is 14.1. The van der Waals surface area contributed by atoms with E-state index in [-0.39, 0.29) is 5.82 Å². The Morgan fingerprint density at radius 2 is 1.86 bits per heavy atom. The molecule has 0 aliphatic heterocycles. The molecule has 0 unspecified atom stereocenters. The van der Waals surface area contributed by atoms with E-state index >= 15 is 0 Å². The minimum atomic E-state index is -0.219. The minimum Gasteiger partial charge on any atom is -0.339 e. The standard InChI is InChI=1S/C17H20ClFN2/c1-3-20-12-13-11-14(18)9-10-16(13)21(4-2)17-8-6-5-7-15(17)19/h5-11,20H,3-4,12H2,1-2H3. The van der Waals surface area contributed by atoms with Crippen LogP contribution in [-0.4, -0.2) is 13.1 Å². The third-order valence-corrected chi connectivity index (χ3v) is 3.59. The molecule has 1 N–H and O–H groups in total. The Balaban J connectivity index is 2.44. The monoisotopic (exact) mass is 306 g/mol. The molecule has 2 nitrogen and oxygen atoms in total. The van der Waals surface area contributed by atoms with Crippen molar-refractivity contribution in [1.82, 2.24) is 5.32 Å². The van der Waals surface area contributed by atoms with Gasteiger partial charge in [0.2, 0.25) is 0 Å². The van der Waals surface area contributed by atoms with Gasteiger partial charge in [-0.1, -0.05) is 30.7 Å². The fourth-order valence-electron chi connectivity index (χ4n) is 2.36. The van der Waals surface area contributed by atoms with E-state index in [0.717, 1.165) is 17.8 Å². The lowest BCUT2D eigenvalue weighted by atomic mass is 10.1. The largest absolute Gasteiger partial charge is 0.339 e. The lowest BCUT2D eigenvalue weighted by Crippen LogP contribution is -2.21. The van der Waals surface area contributed by atoms with Gasteiger partial charge in [-0.2, -0.15) is 0 Å². The summed E-state index contributed by atoms with van der Waals surface area (Å²) in [7, 11) is 0. The van der Waals surface area contributed by atoms with Crippen molar-refractivity contribution in [3.8, 4) is 0 Å². The number of hydrogen-bond acceptors (Lipinski definition) is 2. The molecule has 0 spiro atoms. The Bertz CT molecular complexity index is 601. The molecule has 0 radical (unpaired) electrons. The molecule has 0 fully saturated rings. The van der Waals surface area contributed by atoms with Crippen LogP contribution in [0.15, 0.2) is 42.5 Å². The number of nitrogens with zero attached hydrogens (tertiary/aromatic N) is 1. The molecule has 0 atom stereocenters. The number of hydrogen-bond donors (Lipinski definition) is 1. The Morgan fingerprint density at radius 1 is 1.10 bits per heavy atom. The van der Waals surface area contributed by atoms with E-state index in [1.165, 1.54) is 6.07 Å². The molecule has 0 bridgehead atoms. The van der Waals surface area contributed by atoms with Gasteiger partial charge in [-0.15, -0.1) is 0 Å².